The third-order valence-electron chi connectivity index (χ3n) is 10.4. The molecule has 0 aromatic heterocycles. The monoisotopic (exact) mass is 1290 g/mol. The average Bonchev–Trinajstić information content (AvgIpc) is 3.28. The van der Waals surface area contributed by atoms with Crippen molar-refractivity contribution in [3.63, 3.8) is 0 Å². The third kappa shape index (κ3) is 13.7. The van der Waals surface area contributed by atoms with Gasteiger partial charge in [-0.3, -0.25) is 0 Å². The van der Waals surface area contributed by atoms with Gasteiger partial charge in [-0.15, -0.1) is 0 Å². The second kappa shape index (κ2) is 24.0. The van der Waals surface area contributed by atoms with Crippen molar-refractivity contribution in [3.8, 4) is 46.0 Å². The molecular weight excluding hydrogens is 1250 g/mol. The zero-order valence-electron chi connectivity index (χ0n) is 34.1. The molecule has 0 bridgehead atoms. The molecule has 0 atom stereocenters. The van der Waals surface area contributed by atoms with Gasteiger partial charge in [-0.05, 0) is 194 Å². The summed E-state index contributed by atoms with van der Waals surface area (Å²) in [6.45, 7) is 0. The Morgan fingerprint density at radius 3 is 0.375 bits per heavy atom. The van der Waals surface area contributed by atoms with Gasteiger partial charge in [-0.25, -0.2) is 0 Å². The van der Waals surface area contributed by atoms with Crippen LogP contribution in [0.2, 0.25) is 0 Å². The molecule has 8 aromatic rings. The number of rotatable bonds is 12. The zero-order chi connectivity index (χ0) is 43.6. The van der Waals surface area contributed by atoms with Crippen molar-refractivity contribution in [2.45, 2.75) is 0 Å². The van der Waals surface area contributed by atoms with Crippen LogP contribution < -0.4 is 42.4 Å². The number of phenolic OH excluding ortho intramolecular Hbond substituents is 8. The molecule has 64 heavy (non-hydrogen) atoms. The first kappa shape index (κ1) is 50.4. The molecule has 0 heterocycles. The summed E-state index contributed by atoms with van der Waals surface area (Å²) < 4.78 is 0. The van der Waals surface area contributed by atoms with Crippen LogP contribution >= 0.6 is 31.7 Å². The van der Waals surface area contributed by atoms with E-state index >= 15 is 0 Å². The molecule has 334 valence electrons. The van der Waals surface area contributed by atoms with Crippen molar-refractivity contribution in [1.82, 2.24) is 0 Å². The summed E-state index contributed by atoms with van der Waals surface area (Å²) >= 11 is 0. The van der Waals surface area contributed by atoms with Crippen LogP contribution in [0.3, 0.4) is 0 Å². The quantitative estimate of drug-likeness (QED) is 0.0480. The van der Waals surface area contributed by atoms with Gasteiger partial charge in [0.1, 0.15) is 120 Å². The third-order valence-corrected chi connectivity index (χ3v) is 24.3. The number of hydrogen-bond donors (Lipinski definition) is 8. The van der Waals surface area contributed by atoms with Gasteiger partial charge < -0.3 is 40.9 Å². The molecule has 8 N–H and O–H groups in total. The molecule has 0 aliphatic carbocycles. The van der Waals surface area contributed by atoms with E-state index in [0.717, 1.165) is 11.8 Å². The first-order valence-electron chi connectivity index (χ1n) is 19.8. The van der Waals surface area contributed by atoms with Gasteiger partial charge >= 0.3 is 0 Å². The van der Waals surface area contributed by atoms with E-state index in [1.807, 2.05) is 97.1 Å². The van der Waals surface area contributed by atoms with Crippen LogP contribution in [0.25, 0.3) is 0 Å². The molecule has 0 fully saturated rings. The van der Waals surface area contributed by atoms with Gasteiger partial charge in [0.15, 0.2) is 11.8 Å². The van der Waals surface area contributed by atoms with Crippen LogP contribution in [0.15, 0.2) is 194 Å². The Kier molecular flexibility index (Phi) is 18.9. The standard InChI is InChI=1S/2C25H22O4P2.2Au/c2*26-18-1-9-22(10-2-18)30(23-11-3-19(27)4-12-23)17-31(24-13-5-20(28)6-14-24)25-15-7-21(29)8-16-25;;/h2*1-16,26-29H,17H2;;/p+4. The molecule has 8 rings (SSSR count). The van der Waals surface area contributed by atoms with E-state index in [0.29, 0.717) is 0 Å². The fourth-order valence-corrected chi connectivity index (χ4v) is 22.4. The molecule has 2 radical (unpaired) electrons. The Morgan fingerprint density at radius 1 is 0.188 bits per heavy atom. The minimum Gasteiger partial charge on any atom is -0.508 e. The minimum absolute atomic E-state index is 0. The maximum absolute atomic E-state index is 9.77. The van der Waals surface area contributed by atoms with Crippen molar-refractivity contribution < 1.29 is 85.6 Å². The van der Waals surface area contributed by atoms with E-state index in [1.165, 1.54) is 42.4 Å². The molecule has 14 heteroatoms. The SMILES string of the molecule is Oc1ccc([PH+](C[PH+](c2ccc(O)cc2)c2ccc(O)cc2)c2ccc(O)cc2)cc1.Oc1ccc([PH+](C[PH+](c2ccc(O)cc2)c2ccc(O)cc2)c2ccc(O)cc2)cc1.[Au].[Au]. The van der Waals surface area contributed by atoms with Crippen LogP contribution in [0.5, 0.6) is 46.0 Å². The number of aromatic hydroxyl groups is 8. The van der Waals surface area contributed by atoms with E-state index in [-0.39, 0.29) is 90.8 Å². The molecular formula is C50H48Au2O8P4+4. The summed E-state index contributed by atoms with van der Waals surface area (Å²) in [5.74, 6) is 3.71. The summed E-state index contributed by atoms with van der Waals surface area (Å²) in [4.78, 5) is 0. The van der Waals surface area contributed by atoms with E-state index in [4.69, 9.17) is 0 Å². The molecule has 0 amide bonds. The Balaban J connectivity index is 0.000000234. The smallest absolute Gasteiger partial charge is 0.174 e. The van der Waals surface area contributed by atoms with Gasteiger partial charge in [0.05, 0.1) is 0 Å². The Labute approximate surface area is 408 Å². The van der Waals surface area contributed by atoms with Crippen LogP contribution in [-0.4, -0.2) is 52.7 Å². The van der Waals surface area contributed by atoms with Gasteiger partial charge in [-0.2, -0.15) is 0 Å². The molecule has 8 nitrogen and oxygen atoms in total. The fourth-order valence-electron chi connectivity index (χ4n) is 7.14. The summed E-state index contributed by atoms with van der Waals surface area (Å²) in [7, 11) is -4.99. The largest absolute Gasteiger partial charge is 0.508 e. The molecule has 0 spiro atoms. The maximum Gasteiger partial charge on any atom is 0.174 e. The van der Waals surface area contributed by atoms with Crippen molar-refractivity contribution in [3.05, 3.63) is 194 Å². The van der Waals surface area contributed by atoms with E-state index < -0.39 is 31.7 Å². The Morgan fingerprint density at radius 2 is 0.281 bits per heavy atom. The van der Waals surface area contributed by atoms with Crippen molar-refractivity contribution in [1.29, 1.82) is 0 Å². The van der Waals surface area contributed by atoms with Crippen LogP contribution in [0.1, 0.15) is 0 Å². The number of benzene rings is 8. The predicted molar refractivity (Wildman–Crippen MR) is 265 cm³/mol. The van der Waals surface area contributed by atoms with E-state index in [2.05, 4.69) is 0 Å². The van der Waals surface area contributed by atoms with Gasteiger partial charge in [-0.1, -0.05) is 0 Å². The molecule has 0 saturated heterocycles. The second-order valence-corrected chi connectivity index (χ2v) is 25.9. The summed E-state index contributed by atoms with van der Waals surface area (Å²) in [5.41, 5.74) is 0. The first-order chi connectivity index (χ1) is 30.0. The summed E-state index contributed by atoms with van der Waals surface area (Å²) in [6.07, 6.45) is 0. The van der Waals surface area contributed by atoms with Crippen molar-refractivity contribution in [2.24, 2.45) is 0 Å². The van der Waals surface area contributed by atoms with Crippen LogP contribution in [0, 0.1) is 0 Å². The van der Waals surface area contributed by atoms with E-state index in [9.17, 15) is 40.9 Å². The minimum atomic E-state index is -1.25. The van der Waals surface area contributed by atoms with Crippen LogP contribution in [-0.2, 0) is 44.8 Å². The number of phenols is 8. The average molecular weight is 1290 g/mol. The summed E-state index contributed by atoms with van der Waals surface area (Å²) in [5, 5.41) is 87.6. The van der Waals surface area contributed by atoms with E-state index in [1.54, 1.807) is 97.1 Å². The first-order valence-corrected chi connectivity index (χ1v) is 26.6. The topological polar surface area (TPSA) is 162 Å². The Hall–Kier alpha value is -4.64. The van der Waals surface area contributed by atoms with Gasteiger partial charge in [0.2, 0.25) is 0 Å². The molecule has 0 aliphatic heterocycles. The molecule has 0 saturated carbocycles. The molecule has 0 unspecified atom stereocenters. The van der Waals surface area contributed by atoms with Crippen LogP contribution in [0.4, 0.5) is 0 Å². The van der Waals surface area contributed by atoms with Gasteiger partial charge in [0.25, 0.3) is 0 Å². The van der Waals surface area contributed by atoms with Crippen molar-refractivity contribution >= 4 is 74.1 Å². The fraction of sp³-hybridized carbons (Fsp3) is 0.0400. The predicted octanol–water partition coefficient (Wildman–Crippen LogP) is 6.99. The number of hydrogen-bond acceptors (Lipinski definition) is 8. The second-order valence-electron chi connectivity index (χ2n) is 14.6. The van der Waals surface area contributed by atoms with Gasteiger partial charge in [0, 0.05) is 44.8 Å². The normalized spacial score (nSPS) is 10.8. The Bertz CT molecular complexity index is 2090. The molecule has 8 aromatic carbocycles. The van der Waals surface area contributed by atoms with Crippen molar-refractivity contribution in [2.75, 3.05) is 11.8 Å². The maximum atomic E-state index is 9.77. The molecule has 0 aliphatic rings. The summed E-state index contributed by atoms with van der Waals surface area (Å²) in [6, 6.07) is 59.1. The zero-order valence-corrected chi connectivity index (χ0v) is 42.4.